The molecule has 0 aromatic carbocycles. The van der Waals surface area contributed by atoms with Crippen molar-refractivity contribution < 1.29 is 24.2 Å². The Hall–Kier alpha value is -1.47. The smallest absolute Gasteiger partial charge is 0.305 e. The molecule has 21 heavy (non-hydrogen) atoms. The van der Waals surface area contributed by atoms with Crippen molar-refractivity contribution in [2.24, 2.45) is 0 Å². The average molecular weight is 298 g/mol. The molecule has 0 aliphatic carbocycles. The molecule has 0 radical (unpaired) electrons. The lowest BCUT2D eigenvalue weighted by Crippen LogP contribution is -2.47. The van der Waals surface area contributed by atoms with E-state index in [1.165, 1.54) is 4.90 Å². The third kappa shape index (κ3) is 3.79. The number of carbonyl (C=O) groups is 3. The fourth-order valence-electron chi connectivity index (χ4n) is 2.95. The van der Waals surface area contributed by atoms with Gasteiger partial charge in [0.15, 0.2) is 0 Å². The Morgan fingerprint density at radius 3 is 2.52 bits per heavy atom. The second kappa shape index (κ2) is 7.00. The van der Waals surface area contributed by atoms with E-state index in [4.69, 9.17) is 9.84 Å². The lowest BCUT2D eigenvalue weighted by molar-refractivity contribution is -0.141. The summed E-state index contributed by atoms with van der Waals surface area (Å²) in [5.41, 5.74) is 0. The number of imide groups is 1. The van der Waals surface area contributed by atoms with Crippen LogP contribution in [0.3, 0.4) is 0 Å². The number of hydrogen-bond donors (Lipinski definition) is 1. The number of likely N-dealkylation sites (N-methyl/N-ethyl adjacent to an activating group) is 1. The van der Waals surface area contributed by atoms with Gasteiger partial charge in [-0.2, -0.15) is 0 Å². The Morgan fingerprint density at radius 1 is 1.33 bits per heavy atom. The van der Waals surface area contributed by atoms with Crippen LogP contribution in [0.1, 0.15) is 32.6 Å². The van der Waals surface area contributed by atoms with Gasteiger partial charge in [-0.05, 0) is 19.8 Å². The Morgan fingerprint density at radius 2 is 2.00 bits per heavy atom. The SMILES string of the molecule is CCN1C(=O)CC(N2CCC(OCCC(=O)O)CC2)C1=O. The summed E-state index contributed by atoms with van der Waals surface area (Å²) in [6.45, 7) is 3.88. The number of carboxylic acid groups (broad SMARTS) is 1. The zero-order valence-corrected chi connectivity index (χ0v) is 12.3. The van der Waals surface area contributed by atoms with Crippen molar-refractivity contribution in [1.29, 1.82) is 0 Å². The molecule has 0 saturated carbocycles. The molecular weight excluding hydrogens is 276 g/mol. The van der Waals surface area contributed by atoms with Crippen molar-refractivity contribution in [3.8, 4) is 0 Å². The second-order valence-electron chi connectivity index (χ2n) is 5.45. The predicted octanol–water partition coefficient (Wildman–Crippen LogP) is 0.0895. The van der Waals surface area contributed by atoms with Gasteiger partial charge in [0.1, 0.15) is 0 Å². The van der Waals surface area contributed by atoms with Crippen LogP contribution in [-0.2, 0) is 19.1 Å². The summed E-state index contributed by atoms with van der Waals surface area (Å²) >= 11 is 0. The highest BCUT2D eigenvalue weighted by molar-refractivity contribution is 6.05. The van der Waals surface area contributed by atoms with E-state index in [1.54, 1.807) is 6.92 Å². The lowest BCUT2D eigenvalue weighted by Gasteiger charge is -2.34. The number of amides is 2. The van der Waals surface area contributed by atoms with Crippen LogP contribution in [0.15, 0.2) is 0 Å². The summed E-state index contributed by atoms with van der Waals surface area (Å²) in [6.07, 6.45) is 1.88. The molecule has 2 fully saturated rings. The van der Waals surface area contributed by atoms with E-state index < -0.39 is 5.97 Å². The average Bonchev–Trinajstić information content (AvgIpc) is 2.74. The quantitative estimate of drug-likeness (QED) is 0.699. The van der Waals surface area contributed by atoms with E-state index in [1.807, 2.05) is 4.90 Å². The second-order valence-corrected chi connectivity index (χ2v) is 5.45. The number of carboxylic acids is 1. The minimum absolute atomic E-state index is 0.0152. The number of likely N-dealkylation sites (tertiary alicyclic amines) is 2. The molecule has 2 heterocycles. The summed E-state index contributed by atoms with van der Waals surface area (Å²) < 4.78 is 5.53. The molecule has 0 spiro atoms. The van der Waals surface area contributed by atoms with Crippen molar-refractivity contribution in [3.63, 3.8) is 0 Å². The predicted molar refractivity (Wildman–Crippen MR) is 73.6 cm³/mol. The van der Waals surface area contributed by atoms with Gasteiger partial charge in [-0.15, -0.1) is 0 Å². The third-order valence-corrected chi connectivity index (χ3v) is 4.12. The lowest BCUT2D eigenvalue weighted by atomic mass is 10.0. The van der Waals surface area contributed by atoms with E-state index in [2.05, 4.69) is 0 Å². The van der Waals surface area contributed by atoms with Gasteiger partial charge >= 0.3 is 5.97 Å². The first-order valence-electron chi connectivity index (χ1n) is 7.44. The first kappa shape index (κ1) is 15.9. The van der Waals surface area contributed by atoms with E-state index in [9.17, 15) is 14.4 Å². The minimum atomic E-state index is -0.859. The van der Waals surface area contributed by atoms with Crippen molar-refractivity contribution in [2.45, 2.75) is 44.8 Å². The van der Waals surface area contributed by atoms with Crippen molar-refractivity contribution in [1.82, 2.24) is 9.80 Å². The molecule has 7 heteroatoms. The maximum absolute atomic E-state index is 12.1. The highest BCUT2D eigenvalue weighted by atomic mass is 16.5. The van der Waals surface area contributed by atoms with Crippen LogP contribution in [0.25, 0.3) is 0 Å². The number of carbonyl (C=O) groups excluding carboxylic acids is 2. The van der Waals surface area contributed by atoms with Gasteiger partial charge in [-0.25, -0.2) is 0 Å². The van der Waals surface area contributed by atoms with Crippen LogP contribution in [0.2, 0.25) is 0 Å². The maximum atomic E-state index is 12.1. The number of rotatable bonds is 6. The molecular formula is C14H22N2O5. The molecule has 2 amide bonds. The Kier molecular flexibility index (Phi) is 5.30. The normalized spacial score (nSPS) is 24.8. The molecule has 2 saturated heterocycles. The minimum Gasteiger partial charge on any atom is -0.481 e. The number of nitrogens with zero attached hydrogens (tertiary/aromatic N) is 2. The molecule has 0 aromatic rings. The molecule has 1 N–H and O–H groups in total. The fraction of sp³-hybridized carbons (Fsp3) is 0.786. The van der Waals surface area contributed by atoms with Crippen LogP contribution in [0.5, 0.6) is 0 Å². The summed E-state index contributed by atoms with van der Waals surface area (Å²) in [6, 6.07) is -0.322. The first-order chi connectivity index (χ1) is 10.0. The highest BCUT2D eigenvalue weighted by Crippen LogP contribution is 2.23. The zero-order valence-electron chi connectivity index (χ0n) is 12.3. The molecule has 0 aromatic heterocycles. The first-order valence-corrected chi connectivity index (χ1v) is 7.44. The van der Waals surface area contributed by atoms with E-state index in [0.717, 1.165) is 12.8 Å². The molecule has 2 aliphatic rings. The number of hydrogen-bond acceptors (Lipinski definition) is 5. The molecule has 7 nitrogen and oxygen atoms in total. The number of aliphatic carboxylic acids is 1. The van der Waals surface area contributed by atoms with Gasteiger partial charge in [0.25, 0.3) is 0 Å². The van der Waals surface area contributed by atoms with Crippen LogP contribution in [0.4, 0.5) is 0 Å². The van der Waals surface area contributed by atoms with E-state index in [0.29, 0.717) is 19.6 Å². The summed E-state index contributed by atoms with van der Waals surface area (Å²) in [5, 5.41) is 8.57. The van der Waals surface area contributed by atoms with Crippen molar-refractivity contribution >= 4 is 17.8 Å². The van der Waals surface area contributed by atoms with E-state index in [-0.39, 0.29) is 43.4 Å². The van der Waals surface area contributed by atoms with Crippen molar-refractivity contribution in [3.05, 3.63) is 0 Å². The Labute approximate surface area is 123 Å². The van der Waals surface area contributed by atoms with Crippen LogP contribution in [0, 0.1) is 0 Å². The van der Waals surface area contributed by atoms with Gasteiger partial charge in [0.2, 0.25) is 11.8 Å². The summed E-state index contributed by atoms with van der Waals surface area (Å²) in [5.74, 6) is -1.04. The molecule has 2 aliphatic heterocycles. The molecule has 118 valence electrons. The van der Waals surface area contributed by atoms with Gasteiger partial charge in [-0.3, -0.25) is 24.2 Å². The maximum Gasteiger partial charge on any atom is 0.305 e. The molecule has 1 unspecified atom stereocenters. The van der Waals surface area contributed by atoms with Gasteiger partial charge < -0.3 is 9.84 Å². The van der Waals surface area contributed by atoms with Gasteiger partial charge in [0, 0.05) is 19.6 Å². The fourth-order valence-corrected chi connectivity index (χ4v) is 2.95. The van der Waals surface area contributed by atoms with Crippen LogP contribution < -0.4 is 0 Å². The highest BCUT2D eigenvalue weighted by Gasteiger charge is 2.41. The topological polar surface area (TPSA) is 87.2 Å². The molecule has 2 rings (SSSR count). The Bertz CT molecular complexity index is 418. The molecule has 1 atom stereocenters. The number of piperidine rings is 1. The van der Waals surface area contributed by atoms with E-state index >= 15 is 0 Å². The molecule has 0 bridgehead atoms. The van der Waals surface area contributed by atoms with Crippen LogP contribution >= 0.6 is 0 Å². The Balaban J connectivity index is 1.78. The monoisotopic (exact) mass is 298 g/mol. The standard InChI is InChI=1S/C14H22N2O5/c1-2-16-12(17)9-11(14(16)20)15-6-3-10(4-7-15)21-8-5-13(18)19/h10-11H,2-9H2,1H3,(H,18,19). The van der Waals surface area contributed by atoms with Gasteiger partial charge in [-0.1, -0.05) is 0 Å². The summed E-state index contributed by atoms with van der Waals surface area (Å²) in [4.78, 5) is 37.7. The summed E-state index contributed by atoms with van der Waals surface area (Å²) in [7, 11) is 0. The third-order valence-electron chi connectivity index (χ3n) is 4.12. The van der Waals surface area contributed by atoms with Crippen molar-refractivity contribution in [2.75, 3.05) is 26.2 Å². The largest absolute Gasteiger partial charge is 0.481 e. The zero-order chi connectivity index (χ0) is 15.4. The van der Waals surface area contributed by atoms with Crippen LogP contribution in [-0.4, -0.2) is 71.1 Å². The van der Waals surface area contributed by atoms with Gasteiger partial charge in [0.05, 0.1) is 31.6 Å². The number of ether oxygens (including phenoxy) is 1.